The summed E-state index contributed by atoms with van der Waals surface area (Å²) in [5.74, 6) is 0. The molecule has 0 saturated carbocycles. The molecule has 214 valence electrons. The summed E-state index contributed by atoms with van der Waals surface area (Å²) in [5.41, 5.74) is 5.02. The smallest absolute Gasteiger partial charge is 0.275 e. The summed E-state index contributed by atoms with van der Waals surface area (Å²) in [4.78, 5) is 35.0. The Hall–Kier alpha value is -2.64. The Labute approximate surface area is 229 Å². The predicted molar refractivity (Wildman–Crippen MR) is 160 cm³/mol. The molecule has 0 atom stereocenters. The van der Waals surface area contributed by atoms with Gasteiger partial charge >= 0.3 is 0 Å². The van der Waals surface area contributed by atoms with E-state index in [2.05, 4.69) is 24.0 Å². The van der Waals surface area contributed by atoms with E-state index in [1.165, 1.54) is 25.7 Å². The predicted octanol–water partition coefficient (Wildman–Crippen LogP) is 6.32. The number of aromatic amines is 2. The van der Waals surface area contributed by atoms with Gasteiger partial charge in [-0.2, -0.15) is 0 Å². The van der Waals surface area contributed by atoms with E-state index in [0.717, 1.165) is 111 Å². The van der Waals surface area contributed by atoms with Crippen LogP contribution < -0.4 is 11.1 Å². The lowest BCUT2D eigenvalue weighted by Crippen LogP contribution is -2.21. The zero-order valence-electron chi connectivity index (χ0n) is 24.9. The number of aryl methyl sites for hydroxylation is 4. The third-order valence-electron chi connectivity index (χ3n) is 7.23. The fraction of sp³-hybridized carbons (Fsp3) is 0.733. The number of aliphatic imine (C=N–C) groups is 2. The number of hydrogen-bond donors (Lipinski definition) is 2. The van der Waals surface area contributed by atoms with Crippen LogP contribution >= 0.6 is 0 Å². The van der Waals surface area contributed by atoms with Crippen molar-refractivity contribution in [2.75, 3.05) is 13.1 Å². The topological polar surface area (TPSA) is 100 Å². The van der Waals surface area contributed by atoms with Crippen LogP contribution in [0.1, 0.15) is 127 Å². The van der Waals surface area contributed by atoms with E-state index in [-0.39, 0.29) is 11.1 Å². The van der Waals surface area contributed by atoms with Crippen molar-refractivity contribution in [2.45, 2.75) is 132 Å². The molecule has 2 aromatic heterocycles. The van der Waals surface area contributed by atoms with Gasteiger partial charge in [0, 0.05) is 49.0 Å². The van der Waals surface area contributed by atoms with Gasteiger partial charge in [0.2, 0.25) is 0 Å². The number of nitrogens with zero attached hydrogens (tertiary/aromatic N) is 4. The molecule has 0 aliphatic rings. The van der Waals surface area contributed by atoms with Crippen molar-refractivity contribution in [1.82, 2.24) is 19.6 Å². The van der Waals surface area contributed by atoms with Gasteiger partial charge in [0.1, 0.15) is 0 Å². The van der Waals surface area contributed by atoms with E-state index in [4.69, 9.17) is 9.98 Å². The van der Waals surface area contributed by atoms with Gasteiger partial charge in [-0.1, -0.05) is 65.2 Å². The normalized spacial score (nSPS) is 12.6. The summed E-state index contributed by atoms with van der Waals surface area (Å²) in [5, 5.41) is 6.45. The second kappa shape index (κ2) is 17.0. The minimum Gasteiger partial charge on any atom is -0.299 e. The SMILES string of the molecule is CCCCCCn1[nH]c(C)c(C(C)=NCCCCCCN=C(C)c2c(C)[nH]n(CCCCCC)c2=O)c1=O. The van der Waals surface area contributed by atoms with Crippen molar-refractivity contribution >= 4 is 11.4 Å². The molecule has 38 heavy (non-hydrogen) atoms. The fourth-order valence-electron chi connectivity index (χ4n) is 5.00. The molecule has 0 bridgehead atoms. The summed E-state index contributed by atoms with van der Waals surface area (Å²) in [6.07, 6.45) is 13.3. The molecule has 0 saturated heterocycles. The van der Waals surface area contributed by atoms with E-state index in [1.807, 2.05) is 27.7 Å². The standard InChI is InChI=1S/C30H52N6O2/c1-7-9-11-17-21-35-29(37)27(25(5)33-35)23(3)31-19-15-13-14-16-20-32-24(4)28-26(6)34-36(30(28)38)22-18-12-10-8-2/h33-34H,7-22H2,1-6H3. The number of hydrogen-bond acceptors (Lipinski definition) is 4. The molecule has 0 radical (unpaired) electrons. The Bertz CT molecular complexity index is 1050. The molecule has 8 heteroatoms. The minimum absolute atomic E-state index is 0.0504. The van der Waals surface area contributed by atoms with Gasteiger partial charge in [0.25, 0.3) is 11.1 Å². The first-order valence-corrected chi connectivity index (χ1v) is 14.9. The van der Waals surface area contributed by atoms with Crippen LogP contribution in [0.5, 0.6) is 0 Å². The van der Waals surface area contributed by atoms with Crippen LogP contribution in [-0.2, 0) is 13.1 Å². The van der Waals surface area contributed by atoms with Gasteiger partial charge in [0.05, 0.1) is 11.1 Å². The third-order valence-corrected chi connectivity index (χ3v) is 7.23. The average Bonchev–Trinajstić information content (AvgIpc) is 3.33. The van der Waals surface area contributed by atoms with E-state index < -0.39 is 0 Å². The summed E-state index contributed by atoms with van der Waals surface area (Å²) in [6, 6.07) is 0. The largest absolute Gasteiger partial charge is 0.299 e. The maximum Gasteiger partial charge on any atom is 0.275 e. The third kappa shape index (κ3) is 9.59. The molecule has 2 N–H and O–H groups in total. The number of unbranched alkanes of at least 4 members (excludes halogenated alkanes) is 9. The maximum absolute atomic E-state index is 12.8. The Kier molecular flexibility index (Phi) is 14.2. The monoisotopic (exact) mass is 528 g/mol. The molecular weight excluding hydrogens is 476 g/mol. The van der Waals surface area contributed by atoms with Crippen LogP contribution in [0, 0.1) is 13.8 Å². The molecule has 0 aliphatic heterocycles. The van der Waals surface area contributed by atoms with E-state index in [0.29, 0.717) is 0 Å². The second-order valence-electron chi connectivity index (χ2n) is 10.6. The fourth-order valence-corrected chi connectivity index (χ4v) is 5.00. The molecule has 2 heterocycles. The van der Waals surface area contributed by atoms with Crippen molar-refractivity contribution in [1.29, 1.82) is 0 Å². The highest BCUT2D eigenvalue weighted by Crippen LogP contribution is 2.08. The first-order valence-electron chi connectivity index (χ1n) is 14.9. The average molecular weight is 529 g/mol. The van der Waals surface area contributed by atoms with Gasteiger partial charge in [-0.3, -0.25) is 39.1 Å². The molecule has 2 aromatic rings. The first kappa shape index (κ1) is 31.6. The quantitative estimate of drug-likeness (QED) is 0.165. The summed E-state index contributed by atoms with van der Waals surface area (Å²) >= 11 is 0. The first-order chi connectivity index (χ1) is 18.3. The molecule has 0 aromatic carbocycles. The van der Waals surface area contributed by atoms with Crippen molar-refractivity contribution in [3.8, 4) is 0 Å². The van der Waals surface area contributed by atoms with Crippen molar-refractivity contribution in [2.24, 2.45) is 9.98 Å². The molecule has 2 rings (SSSR count). The zero-order valence-corrected chi connectivity index (χ0v) is 24.9. The van der Waals surface area contributed by atoms with E-state index in [9.17, 15) is 9.59 Å². The van der Waals surface area contributed by atoms with Crippen LogP contribution in [0.2, 0.25) is 0 Å². The van der Waals surface area contributed by atoms with Crippen LogP contribution in [-0.4, -0.2) is 44.1 Å². The minimum atomic E-state index is 0.0504. The lowest BCUT2D eigenvalue weighted by molar-refractivity contribution is 0.528. The van der Waals surface area contributed by atoms with Crippen molar-refractivity contribution in [3.63, 3.8) is 0 Å². The van der Waals surface area contributed by atoms with Crippen LogP contribution in [0.4, 0.5) is 0 Å². The van der Waals surface area contributed by atoms with Gasteiger partial charge in [-0.15, -0.1) is 0 Å². The van der Waals surface area contributed by atoms with Crippen LogP contribution in [0.3, 0.4) is 0 Å². The Morgan fingerprint density at radius 3 is 1.34 bits per heavy atom. The van der Waals surface area contributed by atoms with Gasteiger partial charge in [-0.05, 0) is 53.4 Å². The van der Waals surface area contributed by atoms with Gasteiger partial charge in [-0.25, -0.2) is 0 Å². The maximum atomic E-state index is 12.8. The van der Waals surface area contributed by atoms with Gasteiger partial charge in [0.15, 0.2) is 0 Å². The summed E-state index contributed by atoms with van der Waals surface area (Å²) < 4.78 is 3.47. The van der Waals surface area contributed by atoms with Crippen molar-refractivity contribution in [3.05, 3.63) is 43.2 Å². The Morgan fingerprint density at radius 2 is 0.974 bits per heavy atom. The number of aromatic nitrogens is 4. The van der Waals surface area contributed by atoms with Crippen LogP contribution in [0.15, 0.2) is 19.6 Å². The summed E-state index contributed by atoms with van der Waals surface area (Å²) in [6.45, 7) is 15.1. The molecule has 0 aliphatic carbocycles. The molecule has 0 unspecified atom stereocenters. The summed E-state index contributed by atoms with van der Waals surface area (Å²) in [7, 11) is 0. The highest BCUT2D eigenvalue weighted by Gasteiger charge is 2.14. The Balaban J connectivity index is 1.75. The van der Waals surface area contributed by atoms with Gasteiger partial charge < -0.3 is 0 Å². The lowest BCUT2D eigenvalue weighted by atomic mass is 10.1. The number of rotatable bonds is 19. The highest BCUT2D eigenvalue weighted by atomic mass is 16.1. The molecule has 8 nitrogen and oxygen atoms in total. The second-order valence-corrected chi connectivity index (χ2v) is 10.6. The molecule has 0 spiro atoms. The lowest BCUT2D eigenvalue weighted by Gasteiger charge is -2.02. The number of H-pyrrole nitrogens is 2. The van der Waals surface area contributed by atoms with Crippen LogP contribution in [0.25, 0.3) is 0 Å². The van der Waals surface area contributed by atoms with E-state index >= 15 is 0 Å². The van der Waals surface area contributed by atoms with Crippen molar-refractivity contribution < 1.29 is 0 Å². The van der Waals surface area contributed by atoms with E-state index in [1.54, 1.807) is 9.36 Å². The highest BCUT2D eigenvalue weighted by molar-refractivity contribution is 5.99. The Morgan fingerprint density at radius 1 is 0.605 bits per heavy atom. The number of nitrogens with one attached hydrogen (secondary N) is 2. The molecular formula is C30H52N6O2. The molecule has 0 fully saturated rings. The molecule has 0 amide bonds. The zero-order chi connectivity index (χ0) is 27.9.